The van der Waals surface area contributed by atoms with Crippen molar-refractivity contribution < 1.29 is 51.5 Å². The Balaban J connectivity index is 1.54. The van der Waals surface area contributed by atoms with Crippen LogP contribution in [0.15, 0.2) is 36.5 Å². The van der Waals surface area contributed by atoms with Crippen molar-refractivity contribution in [2.24, 2.45) is 0 Å². The number of hydrogen-bond acceptors (Lipinski definition) is 9. The van der Waals surface area contributed by atoms with Gasteiger partial charge in [-0.25, -0.2) is 13.3 Å². The molecule has 1 aromatic carbocycles. The van der Waals surface area contributed by atoms with E-state index < -0.39 is 63.0 Å². The molecule has 1 saturated heterocycles. The molecule has 4 rings (SSSR count). The van der Waals surface area contributed by atoms with Crippen molar-refractivity contribution in [3.05, 3.63) is 42.1 Å². The number of benzene rings is 1. The summed E-state index contributed by atoms with van der Waals surface area (Å²) in [5.74, 6) is -1.14. The quantitative estimate of drug-likeness (QED) is 0.489. The van der Waals surface area contributed by atoms with Gasteiger partial charge in [-0.05, 0) is 12.1 Å². The lowest BCUT2D eigenvalue weighted by Gasteiger charge is -2.33. The summed E-state index contributed by atoms with van der Waals surface area (Å²) < 4.78 is 61.3. The van der Waals surface area contributed by atoms with Crippen LogP contribution >= 0.6 is 7.82 Å². The van der Waals surface area contributed by atoms with Crippen molar-refractivity contribution in [3.63, 3.8) is 0 Å². The predicted molar refractivity (Wildman–Crippen MR) is 96.6 cm³/mol. The van der Waals surface area contributed by atoms with Gasteiger partial charge in [-0.15, -0.1) is 0 Å². The van der Waals surface area contributed by atoms with Crippen LogP contribution in [0.4, 0.5) is 8.78 Å². The van der Waals surface area contributed by atoms with Crippen molar-refractivity contribution in [1.82, 2.24) is 4.90 Å². The smallest absolute Gasteiger partial charge is 0.404 e. The number of aliphatic hydroxyl groups is 2. The van der Waals surface area contributed by atoms with Crippen molar-refractivity contribution in [2.75, 3.05) is 6.61 Å². The molecule has 168 valence electrons. The van der Waals surface area contributed by atoms with E-state index in [2.05, 4.69) is 0 Å². The number of rotatable bonds is 5. The molecule has 10 nitrogen and oxygen atoms in total. The van der Waals surface area contributed by atoms with E-state index in [0.29, 0.717) is 5.56 Å². The zero-order chi connectivity index (χ0) is 22.4. The maximum absolute atomic E-state index is 14.0. The summed E-state index contributed by atoms with van der Waals surface area (Å²) in [5.41, 5.74) is -2.28. The lowest BCUT2D eigenvalue weighted by atomic mass is 9.96. The molecule has 3 heterocycles. The van der Waals surface area contributed by atoms with Crippen LogP contribution in [0.2, 0.25) is 0 Å². The molecule has 31 heavy (non-hydrogen) atoms. The van der Waals surface area contributed by atoms with E-state index in [9.17, 15) is 33.1 Å². The predicted octanol–water partition coefficient (Wildman–Crippen LogP) is 1.12. The maximum Gasteiger partial charge on any atom is 0.530 e. The Morgan fingerprint density at radius 3 is 2.74 bits per heavy atom. The zero-order valence-corrected chi connectivity index (χ0v) is 16.7. The summed E-state index contributed by atoms with van der Waals surface area (Å²) in [6.07, 6.45) is -7.89. The second kappa shape index (κ2) is 8.05. The molecule has 0 spiro atoms. The van der Waals surface area contributed by atoms with Crippen LogP contribution in [-0.2, 0) is 34.5 Å². The molecule has 3 aliphatic heterocycles. The normalized spacial score (nSPS) is 35.4. The molecule has 1 amide bonds. The number of allylic oxidation sites excluding steroid dienone is 1. The van der Waals surface area contributed by atoms with E-state index in [1.165, 1.54) is 6.07 Å². The minimum Gasteiger partial charge on any atom is -0.404 e. The topological polar surface area (TPSA) is 132 Å². The third kappa shape index (κ3) is 3.91. The lowest BCUT2D eigenvalue weighted by molar-refractivity contribution is -0.201. The van der Waals surface area contributed by atoms with Gasteiger partial charge in [0.15, 0.2) is 17.6 Å². The summed E-state index contributed by atoms with van der Waals surface area (Å²) in [6, 6.07) is 6.45. The number of nitrogens with zero attached hydrogens (tertiary/aromatic N) is 1. The fourth-order valence-electron chi connectivity index (χ4n) is 3.42. The van der Waals surface area contributed by atoms with E-state index in [-0.39, 0.29) is 12.4 Å². The van der Waals surface area contributed by atoms with Gasteiger partial charge in [0.1, 0.15) is 18.0 Å². The van der Waals surface area contributed by atoms with Crippen molar-refractivity contribution >= 4 is 19.5 Å². The highest BCUT2D eigenvalue weighted by molar-refractivity contribution is 7.49. The largest absolute Gasteiger partial charge is 0.530 e. The number of halogens is 2. The Morgan fingerprint density at radius 1 is 1.29 bits per heavy atom. The van der Waals surface area contributed by atoms with Gasteiger partial charge >= 0.3 is 7.82 Å². The number of ketones is 1. The van der Waals surface area contributed by atoms with Gasteiger partial charge in [0.05, 0.1) is 19.6 Å². The third-order valence-corrected chi connectivity index (χ3v) is 6.45. The average Bonchev–Trinajstić information content (AvgIpc) is 2.98. The molecule has 0 radical (unpaired) electrons. The van der Waals surface area contributed by atoms with E-state index in [1.54, 1.807) is 18.2 Å². The minimum absolute atomic E-state index is 0.162. The fraction of sp³-hybridized carbons (Fsp3) is 0.444. The van der Waals surface area contributed by atoms with E-state index in [0.717, 1.165) is 17.2 Å². The van der Waals surface area contributed by atoms with Gasteiger partial charge in [-0.1, -0.05) is 18.2 Å². The molecule has 0 aliphatic carbocycles. The Labute approximate surface area is 174 Å². The van der Waals surface area contributed by atoms with E-state index >= 15 is 0 Å². The van der Waals surface area contributed by atoms with Crippen LogP contribution in [0.3, 0.4) is 0 Å². The number of aliphatic hydroxyl groups excluding tert-OH is 2. The summed E-state index contributed by atoms with van der Waals surface area (Å²) in [5, 5.41) is 20.7. The number of carbonyl (C=O) groups is 2. The molecule has 0 bridgehead atoms. The molecule has 2 N–H and O–H groups in total. The number of para-hydroxylation sites is 1. The molecule has 1 fully saturated rings. The molecule has 5 atom stereocenters. The van der Waals surface area contributed by atoms with Gasteiger partial charge in [-0.3, -0.25) is 23.5 Å². The molecule has 0 aromatic heterocycles. The molecular weight excluding hydrogens is 443 g/mol. The van der Waals surface area contributed by atoms with Gasteiger partial charge < -0.3 is 19.5 Å². The molecule has 0 saturated carbocycles. The van der Waals surface area contributed by atoms with E-state index in [4.69, 9.17) is 18.3 Å². The molecular formula is C18H18F2NO9P. The number of ether oxygens (including phenoxy) is 1. The second-order valence-corrected chi connectivity index (χ2v) is 8.75. The third-order valence-electron chi connectivity index (χ3n) is 5.14. The number of hydrogen-bond donors (Lipinski definition) is 2. The lowest BCUT2D eigenvalue weighted by Crippen LogP contribution is -2.52. The van der Waals surface area contributed by atoms with Crippen LogP contribution in [0.25, 0.3) is 0 Å². The summed E-state index contributed by atoms with van der Waals surface area (Å²) in [7, 11) is -4.34. The summed E-state index contributed by atoms with van der Waals surface area (Å²) in [6.45, 7) is -1.34. The highest BCUT2D eigenvalue weighted by Crippen LogP contribution is 2.55. The summed E-state index contributed by atoms with van der Waals surface area (Å²) in [4.78, 5) is 24.1. The first-order valence-corrected chi connectivity index (χ1v) is 10.6. The number of phosphoric ester groups is 1. The van der Waals surface area contributed by atoms with Crippen molar-refractivity contribution in [1.29, 1.82) is 0 Å². The number of carbonyl (C=O) groups excluding carboxylic acids is 2. The Bertz CT molecular complexity index is 973. The van der Waals surface area contributed by atoms with Crippen LogP contribution in [0, 0.1) is 0 Å². The second-order valence-electron chi connectivity index (χ2n) is 7.15. The average molecular weight is 461 g/mol. The highest BCUT2D eigenvalue weighted by atomic mass is 31.2. The first-order valence-electron chi connectivity index (χ1n) is 9.16. The number of phosphoric acid groups is 1. The maximum atomic E-state index is 14.0. The summed E-state index contributed by atoms with van der Waals surface area (Å²) >= 11 is 0. The van der Waals surface area contributed by atoms with Crippen LogP contribution < -0.4 is 4.52 Å². The van der Waals surface area contributed by atoms with Crippen LogP contribution in [0.5, 0.6) is 5.75 Å². The van der Waals surface area contributed by atoms with Gasteiger partial charge in [0.2, 0.25) is 5.91 Å². The Hall–Kier alpha value is -2.21. The molecule has 3 aliphatic rings. The molecule has 1 aromatic rings. The van der Waals surface area contributed by atoms with Crippen LogP contribution in [0.1, 0.15) is 12.0 Å². The molecule has 1 unspecified atom stereocenters. The number of amides is 1. The first kappa shape index (κ1) is 22.0. The van der Waals surface area contributed by atoms with Gasteiger partial charge in [0.25, 0.3) is 6.43 Å². The molecule has 13 heteroatoms. The Morgan fingerprint density at radius 2 is 2.03 bits per heavy atom. The number of fused-ring (bicyclic) bond motifs is 1. The SMILES string of the molecule is O=C1C=CN([C@@H]2O[C@@](COP3(=O)OCc4ccccc4O3)(C(F)F)[C@@H](O)[C@@H]2O)C(=O)C1. The van der Waals surface area contributed by atoms with Crippen molar-refractivity contribution in [2.45, 2.75) is 43.5 Å². The van der Waals surface area contributed by atoms with Gasteiger partial charge in [0, 0.05) is 11.8 Å². The van der Waals surface area contributed by atoms with E-state index in [1.807, 2.05) is 0 Å². The minimum atomic E-state index is -4.34. The monoisotopic (exact) mass is 461 g/mol. The standard InChI is InChI=1S/C18H18F2NO9P/c19-17(20)18(9-28-31(26)27-8-10-3-1-2-4-12(10)30-31)15(25)14(24)16(29-18)21-6-5-11(22)7-13(21)23/h1-6,14-17,24-25H,7-9H2/t14-,15-,16+,18+,31?/m0/s1. The van der Waals surface area contributed by atoms with Crippen molar-refractivity contribution in [3.8, 4) is 5.75 Å². The Kier molecular flexibility index (Phi) is 5.71. The number of alkyl halides is 2. The fourth-order valence-corrected chi connectivity index (χ4v) is 4.67. The van der Waals surface area contributed by atoms with Gasteiger partial charge in [-0.2, -0.15) is 0 Å². The first-order chi connectivity index (χ1) is 14.7. The highest BCUT2D eigenvalue weighted by Gasteiger charge is 2.62. The zero-order valence-electron chi connectivity index (χ0n) is 15.8. The van der Waals surface area contributed by atoms with Crippen LogP contribution in [-0.4, -0.2) is 63.9 Å².